The summed E-state index contributed by atoms with van der Waals surface area (Å²) in [6.45, 7) is 4.04. The van der Waals surface area contributed by atoms with Crippen molar-refractivity contribution in [2.24, 2.45) is 0 Å². The molecule has 1 fully saturated rings. The van der Waals surface area contributed by atoms with Gasteiger partial charge in [-0.05, 0) is 47.7 Å². The van der Waals surface area contributed by atoms with E-state index < -0.39 is 0 Å². The zero-order valence-corrected chi connectivity index (χ0v) is 12.7. The Bertz CT molecular complexity index is 545. The Morgan fingerprint density at radius 3 is 3.05 bits per heavy atom. The van der Waals surface area contributed by atoms with Crippen molar-refractivity contribution in [2.75, 3.05) is 31.1 Å². The first-order valence-corrected chi connectivity index (χ1v) is 7.55. The minimum atomic E-state index is 0.803. The Labute approximate surface area is 125 Å². The minimum absolute atomic E-state index is 0.803. The number of hydrogen-bond acceptors (Lipinski definition) is 4. The van der Waals surface area contributed by atoms with Crippen molar-refractivity contribution in [3.8, 4) is 11.4 Å². The lowest BCUT2D eigenvalue weighted by atomic mass is 10.2. The molecule has 3 rings (SSSR count). The highest BCUT2D eigenvalue weighted by Crippen LogP contribution is 2.20. The highest BCUT2D eigenvalue weighted by molar-refractivity contribution is 14.1. The second-order valence-electron chi connectivity index (χ2n) is 4.58. The minimum Gasteiger partial charge on any atom is -0.338 e. The summed E-state index contributed by atoms with van der Waals surface area (Å²) in [6.07, 6.45) is 1.13. The normalized spacial score (nSPS) is 16.4. The van der Waals surface area contributed by atoms with E-state index in [1.165, 1.54) is 3.57 Å². The van der Waals surface area contributed by atoms with E-state index in [-0.39, 0.29) is 0 Å². The summed E-state index contributed by atoms with van der Waals surface area (Å²) in [5, 5.41) is 10.8. The fourth-order valence-corrected chi connectivity index (χ4v) is 2.75. The van der Waals surface area contributed by atoms with Crippen LogP contribution in [0.4, 0.5) is 5.95 Å². The van der Waals surface area contributed by atoms with Crippen molar-refractivity contribution < 1.29 is 0 Å². The molecule has 5 nitrogen and oxygen atoms in total. The predicted octanol–water partition coefficient (Wildman–Crippen LogP) is 1.88. The number of nitrogens with zero attached hydrogens (tertiary/aromatic N) is 3. The molecule has 1 aromatic heterocycles. The predicted molar refractivity (Wildman–Crippen MR) is 84.2 cm³/mol. The van der Waals surface area contributed by atoms with Crippen molar-refractivity contribution in [2.45, 2.75) is 6.42 Å². The van der Waals surface area contributed by atoms with Crippen molar-refractivity contribution in [1.29, 1.82) is 0 Å². The van der Waals surface area contributed by atoms with Gasteiger partial charge in [0.15, 0.2) is 5.82 Å². The lowest BCUT2D eigenvalue weighted by Gasteiger charge is -2.16. The van der Waals surface area contributed by atoms with Crippen LogP contribution in [0.1, 0.15) is 6.42 Å². The molecule has 0 spiro atoms. The van der Waals surface area contributed by atoms with E-state index in [9.17, 15) is 0 Å². The molecule has 1 saturated heterocycles. The third-order valence-electron chi connectivity index (χ3n) is 3.19. The Kier molecular flexibility index (Phi) is 3.97. The quantitative estimate of drug-likeness (QED) is 0.794. The van der Waals surface area contributed by atoms with Crippen LogP contribution >= 0.6 is 22.6 Å². The first kappa shape index (κ1) is 12.9. The number of rotatable bonds is 2. The SMILES string of the molecule is Ic1cccc(-c2nc(N3CCCNCC3)n[nH]2)c1. The number of anilines is 1. The van der Waals surface area contributed by atoms with Gasteiger partial charge in [0.25, 0.3) is 0 Å². The van der Waals surface area contributed by atoms with E-state index >= 15 is 0 Å². The van der Waals surface area contributed by atoms with Crippen LogP contribution in [0.3, 0.4) is 0 Å². The summed E-state index contributed by atoms with van der Waals surface area (Å²) in [5.74, 6) is 1.64. The molecule has 100 valence electrons. The molecule has 2 heterocycles. The highest BCUT2D eigenvalue weighted by atomic mass is 127. The molecule has 6 heteroatoms. The standard InChI is InChI=1S/C13H16IN5/c14-11-4-1-3-10(9-11)12-16-13(18-17-12)19-7-2-5-15-6-8-19/h1,3-4,9,15H,2,5-8H2,(H,16,17,18). The molecule has 0 radical (unpaired) electrons. The third-order valence-corrected chi connectivity index (χ3v) is 3.87. The average Bonchev–Trinajstić information content (AvgIpc) is 2.75. The van der Waals surface area contributed by atoms with Gasteiger partial charge in [0, 0.05) is 28.8 Å². The van der Waals surface area contributed by atoms with Crippen LogP contribution in [0.5, 0.6) is 0 Å². The summed E-state index contributed by atoms with van der Waals surface area (Å²) in [7, 11) is 0. The van der Waals surface area contributed by atoms with Crippen LogP contribution in [-0.2, 0) is 0 Å². The van der Waals surface area contributed by atoms with Crippen LogP contribution in [-0.4, -0.2) is 41.4 Å². The summed E-state index contributed by atoms with van der Waals surface area (Å²) >= 11 is 2.31. The van der Waals surface area contributed by atoms with Crippen LogP contribution in [0.2, 0.25) is 0 Å². The van der Waals surface area contributed by atoms with E-state index in [0.29, 0.717) is 0 Å². The van der Waals surface area contributed by atoms with Crippen molar-refractivity contribution in [1.82, 2.24) is 20.5 Å². The van der Waals surface area contributed by atoms with Crippen molar-refractivity contribution in [3.05, 3.63) is 27.8 Å². The topological polar surface area (TPSA) is 56.8 Å². The Morgan fingerprint density at radius 2 is 2.16 bits per heavy atom. The number of halogens is 1. The van der Waals surface area contributed by atoms with Crippen molar-refractivity contribution in [3.63, 3.8) is 0 Å². The van der Waals surface area contributed by atoms with Gasteiger partial charge in [0.1, 0.15) is 0 Å². The van der Waals surface area contributed by atoms with Gasteiger partial charge in [0.2, 0.25) is 5.95 Å². The molecular formula is C13H16IN5. The zero-order chi connectivity index (χ0) is 13.1. The lowest BCUT2D eigenvalue weighted by molar-refractivity contribution is 0.724. The van der Waals surface area contributed by atoms with E-state index in [4.69, 9.17) is 0 Å². The zero-order valence-electron chi connectivity index (χ0n) is 10.6. The van der Waals surface area contributed by atoms with Crippen LogP contribution in [0.15, 0.2) is 24.3 Å². The Hall–Kier alpha value is -1.15. The monoisotopic (exact) mass is 369 g/mol. The summed E-state index contributed by atoms with van der Waals surface area (Å²) in [5.41, 5.74) is 1.08. The van der Waals surface area contributed by atoms with Gasteiger partial charge in [-0.2, -0.15) is 4.98 Å². The maximum Gasteiger partial charge on any atom is 0.245 e. The van der Waals surface area contributed by atoms with E-state index in [2.05, 4.69) is 66.2 Å². The largest absolute Gasteiger partial charge is 0.338 e. The molecule has 2 N–H and O–H groups in total. The molecule has 0 bridgehead atoms. The van der Waals surface area contributed by atoms with Crippen LogP contribution in [0, 0.1) is 3.57 Å². The number of H-pyrrole nitrogens is 1. The molecule has 0 saturated carbocycles. The molecule has 0 unspecified atom stereocenters. The number of hydrogen-bond donors (Lipinski definition) is 2. The third kappa shape index (κ3) is 3.06. The van der Waals surface area contributed by atoms with Gasteiger partial charge in [-0.25, -0.2) is 0 Å². The fourth-order valence-electron chi connectivity index (χ4n) is 2.20. The van der Waals surface area contributed by atoms with Gasteiger partial charge in [-0.1, -0.05) is 12.1 Å². The Balaban J connectivity index is 1.82. The van der Waals surface area contributed by atoms with Gasteiger partial charge in [-0.3, -0.25) is 5.10 Å². The molecule has 0 atom stereocenters. The molecule has 1 aliphatic heterocycles. The number of aromatic amines is 1. The first-order chi connectivity index (χ1) is 9.33. The molecule has 1 aliphatic rings. The average molecular weight is 369 g/mol. The fraction of sp³-hybridized carbons (Fsp3) is 0.385. The van der Waals surface area contributed by atoms with E-state index in [1.807, 2.05) is 6.07 Å². The van der Waals surface area contributed by atoms with Gasteiger partial charge in [-0.15, -0.1) is 5.10 Å². The lowest BCUT2D eigenvalue weighted by Crippen LogP contribution is -2.28. The number of benzene rings is 1. The molecule has 0 aliphatic carbocycles. The number of nitrogens with one attached hydrogen (secondary N) is 2. The smallest absolute Gasteiger partial charge is 0.245 e. The maximum atomic E-state index is 4.62. The second kappa shape index (κ2) is 5.87. The molecule has 0 amide bonds. The molecule has 19 heavy (non-hydrogen) atoms. The van der Waals surface area contributed by atoms with Gasteiger partial charge in [0.05, 0.1) is 0 Å². The number of aromatic nitrogens is 3. The van der Waals surface area contributed by atoms with Gasteiger partial charge >= 0.3 is 0 Å². The van der Waals surface area contributed by atoms with E-state index in [0.717, 1.165) is 49.9 Å². The summed E-state index contributed by atoms with van der Waals surface area (Å²) in [4.78, 5) is 6.85. The van der Waals surface area contributed by atoms with Gasteiger partial charge < -0.3 is 10.2 Å². The summed E-state index contributed by atoms with van der Waals surface area (Å²) in [6, 6.07) is 8.27. The second-order valence-corrected chi connectivity index (χ2v) is 5.83. The van der Waals surface area contributed by atoms with Crippen LogP contribution in [0.25, 0.3) is 11.4 Å². The molecule has 1 aromatic carbocycles. The maximum absolute atomic E-state index is 4.62. The molecular weight excluding hydrogens is 353 g/mol. The molecule has 2 aromatic rings. The van der Waals surface area contributed by atoms with Crippen molar-refractivity contribution >= 4 is 28.5 Å². The Morgan fingerprint density at radius 1 is 1.21 bits per heavy atom. The first-order valence-electron chi connectivity index (χ1n) is 6.47. The summed E-state index contributed by atoms with van der Waals surface area (Å²) < 4.78 is 1.20. The highest BCUT2D eigenvalue weighted by Gasteiger charge is 2.14. The van der Waals surface area contributed by atoms with E-state index in [1.54, 1.807) is 0 Å². The van der Waals surface area contributed by atoms with Crippen LogP contribution < -0.4 is 10.2 Å².